The maximum atomic E-state index is 12.9. The molecule has 1 aliphatic rings. The summed E-state index contributed by atoms with van der Waals surface area (Å²) in [5.74, 6) is -0.954. The van der Waals surface area contributed by atoms with Crippen LogP contribution in [0.5, 0.6) is 11.6 Å². The molecule has 0 saturated carbocycles. The van der Waals surface area contributed by atoms with E-state index in [9.17, 15) is 24.5 Å². The van der Waals surface area contributed by atoms with Gasteiger partial charge in [0.1, 0.15) is 17.5 Å². The van der Waals surface area contributed by atoms with Crippen LogP contribution in [0, 0.1) is 17.0 Å². The van der Waals surface area contributed by atoms with Crippen LogP contribution in [0.15, 0.2) is 72.4 Å². The largest absolute Gasteiger partial charge is 0.439 e. The molecule has 0 aliphatic carbocycles. The molecule has 3 aromatic rings. The molecule has 0 unspecified atom stereocenters. The second kappa shape index (κ2) is 8.71. The summed E-state index contributed by atoms with van der Waals surface area (Å²) in [6, 6.07) is 15.0. The zero-order valence-corrected chi connectivity index (χ0v) is 17.2. The fourth-order valence-corrected chi connectivity index (χ4v) is 3.12. The number of nitro groups is 1. The first-order valence-electron chi connectivity index (χ1n) is 9.68. The second-order valence-electron chi connectivity index (χ2n) is 7.08. The molecule has 2 aromatic carbocycles. The van der Waals surface area contributed by atoms with Crippen molar-refractivity contribution in [1.82, 2.24) is 10.3 Å². The van der Waals surface area contributed by atoms with Crippen molar-refractivity contribution in [3.05, 3.63) is 93.7 Å². The number of imide groups is 2. The molecule has 1 saturated heterocycles. The van der Waals surface area contributed by atoms with E-state index in [2.05, 4.69) is 10.3 Å². The minimum Gasteiger partial charge on any atom is -0.439 e. The van der Waals surface area contributed by atoms with E-state index in [1.165, 1.54) is 18.2 Å². The molecule has 4 rings (SSSR count). The van der Waals surface area contributed by atoms with E-state index < -0.39 is 22.8 Å². The van der Waals surface area contributed by atoms with Crippen molar-refractivity contribution in [1.29, 1.82) is 0 Å². The summed E-state index contributed by atoms with van der Waals surface area (Å²) in [5, 5.41) is 12.9. The molecule has 1 aromatic heterocycles. The van der Waals surface area contributed by atoms with Gasteiger partial charge in [-0.1, -0.05) is 24.3 Å². The minimum absolute atomic E-state index is 0.155. The van der Waals surface area contributed by atoms with Gasteiger partial charge in [0, 0.05) is 12.1 Å². The van der Waals surface area contributed by atoms with Gasteiger partial charge in [-0.15, -0.1) is 0 Å². The van der Waals surface area contributed by atoms with Crippen LogP contribution >= 0.6 is 0 Å². The number of amides is 4. The normalized spacial score (nSPS) is 14.9. The molecule has 1 aliphatic heterocycles. The molecule has 33 heavy (non-hydrogen) atoms. The van der Waals surface area contributed by atoms with Gasteiger partial charge in [-0.3, -0.25) is 25.0 Å². The van der Waals surface area contributed by atoms with Gasteiger partial charge in [0.05, 0.1) is 10.6 Å². The third kappa shape index (κ3) is 4.59. The SMILES string of the molecule is Cc1cccc(N2C(=O)NC(=O)C(=Cc3ccc(Oc4ccc([N+](=O)[O-])cn4)cc3)C2=O)c1. The Balaban J connectivity index is 1.54. The lowest BCUT2D eigenvalue weighted by Gasteiger charge is -2.26. The van der Waals surface area contributed by atoms with Crippen molar-refractivity contribution in [2.24, 2.45) is 0 Å². The van der Waals surface area contributed by atoms with Gasteiger partial charge in [-0.05, 0) is 48.4 Å². The third-order valence-electron chi connectivity index (χ3n) is 4.71. The van der Waals surface area contributed by atoms with Crippen molar-refractivity contribution < 1.29 is 24.0 Å². The minimum atomic E-state index is -0.813. The number of ether oxygens (including phenoxy) is 1. The molecule has 0 bridgehead atoms. The average Bonchev–Trinajstić information content (AvgIpc) is 2.78. The molecule has 0 spiro atoms. The zero-order chi connectivity index (χ0) is 23.5. The van der Waals surface area contributed by atoms with Gasteiger partial charge in [-0.2, -0.15) is 0 Å². The number of aromatic nitrogens is 1. The van der Waals surface area contributed by atoms with E-state index in [1.807, 2.05) is 13.0 Å². The van der Waals surface area contributed by atoms with Crippen LogP contribution in [0.4, 0.5) is 16.2 Å². The Kier molecular flexibility index (Phi) is 5.64. The lowest BCUT2D eigenvalue weighted by atomic mass is 10.1. The van der Waals surface area contributed by atoms with E-state index in [1.54, 1.807) is 42.5 Å². The number of carbonyl (C=O) groups excluding carboxylic acids is 3. The highest BCUT2D eigenvalue weighted by Gasteiger charge is 2.36. The number of benzene rings is 2. The van der Waals surface area contributed by atoms with Gasteiger partial charge in [-0.25, -0.2) is 14.7 Å². The Hall–Kier alpha value is -4.86. The number of carbonyl (C=O) groups is 3. The van der Waals surface area contributed by atoms with Crippen LogP contribution in [0.25, 0.3) is 6.08 Å². The monoisotopic (exact) mass is 444 g/mol. The van der Waals surface area contributed by atoms with Crippen molar-refractivity contribution in [2.75, 3.05) is 4.90 Å². The predicted molar refractivity (Wildman–Crippen MR) is 118 cm³/mol. The number of aryl methyl sites for hydroxylation is 1. The van der Waals surface area contributed by atoms with Gasteiger partial charge >= 0.3 is 6.03 Å². The summed E-state index contributed by atoms with van der Waals surface area (Å²) in [6.07, 6.45) is 2.46. The molecule has 2 heterocycles. The average molecular weight is 444 g/mol. The highest BCUT2D eigenvalue weighted by Crippen LogP contribution is 2.25. The summed E-state index contributed by atoms with van der Waals surface area (Å²) in [7, 11) is 0. The molecule has 164 valence electrons. The summed E-state index contributed by atoms with van der Waals surface area (Å²) >= 11 is 0. The number of nitrogens with zero attached hydrogens (tertiary/aromatic N) is 3. The van der Waals surface area contributed by atoms with E-state index in [4.69, 9.17) is 4.74 Å². The fraction of sp³-hybridized carbons (Fsp3) is 0.0435. The van der Waals surface area contributed by atoms with Crippen LogP contribution in [-0.4, -0.2) is 27.8 Å². The van der Waals surface area contributed by atoms with E-state index in [0.29, 0.717) is 17.0 Å². The van der Waals surface area contributed by atoms with E-state index >= 15 is 0 Å². The summed E-state index contributed by atoms with van der Waals surface area (Å²) in [5.41, 5.74) is 1.39. The van der Waals surface area contributed by atoms with Crippen molar-refractivity contribution in [3.8, 4) is 11.6 Å². The lowest BCUT2D eigenvalue weighted by Crippen LogP contribution is -2.54. The molecule has 1 N–H and O–H groups in total. The molecule has 1 fully saturated rings. The molecular formula is C23H16N4O6. The number of urea groups is 1. The number of pyridine rings is 1. The smallest absolute Gasteiger partial charge is 0.335 e. The lowest BCUT2D eigenvalue weighted by molar-refractivity contribution is -0.385. The van der Waals surface area contributed by atoms with Crippen LogP contribution in [0.1, 0.15) is 11.1 Å². The molecule has 0 atom stereocenters. The van der Waals surface area contributed by atoms with Crippen LogP contribution in [0.3, 0.4) is 0 Å². The van der Waals surface area contributed by atoms with Crippen LogP contribution < -0.4 is 15.0 Å². The van der Waals surface area contributed by atoms with Gasteiger partial charge < -0.3 is 4.74 Å². The summed E-state index contributed by atoms with van der Waals surface area (Å²) in [6.45, 7) is 1.83. The van der Waals surface area contributed by atoms with Gasteiger partial charge in [0.15, 0.2) is 0 Å². The van der Waals surface area contributed by atoms with E-state index in [0.717, 1.165) is 16.7 Å². The first-order valence-corrected chi connectivity index (χ1v) is 9.68. The quantitative estimate of drug-likeness (QED) is 0.274. The number of anilines is 1. The second-order valence-corrected chi connectivity index (χ2v) is 7.08. The Morgan fingerprint density at radius 2 is 1.82 bits per heavy atom. The first-order chi connectivity index (χ1) is 15.8. The molecule has 4 amide bonds. The Bertz CT molecular complexity index is 1300. The number of barbiturate groups is 1. The summed E-state index contributed by atoms with van der Waals surface area (Å²) < 4.78 is 5.55. The van der Waals surface area contributed by atoms with Gasteiger partial charge in [0.2, 0.25) is 5.88 Å². The fourth-order valence-electron chi connectivity index (χ4n) is 3.12. The van der Waals surface area contributed by atoms with Crippen LogP contribution in [0.2, 0.25) is 0 Å². The first kappa shape index (κ1) is 21.4. The maximum Gasteiger partial charge on any atom is 0.335 e. The van der Waals surface area contributed by atoms with Crippen molar-refractivity contribution in [3.63, 3.8) is 0 Å². The number of hydrogen-bond donors (Lipinski definition) is 1. The number of rotatable bonds is 5. The predicted octanol–water partition coefficient (Wildman–Crippen LogP) is 3.76. The molecule has 10 heteroatoms. The van der Waals surface area contributed by atoms with Crippen molar-refractivity contribution >= 4 is 35.3 Å². The van der Waals surface area contributed by atoms with E-state index in [-0.39, 0.29) is 17.1 Å². The number of nitrogens with one attached hydrogen (secondary N) is 1. The topological polar surface area (TPSA) is 132 Å². The molecule has 10 nitrogen and oxygen atoms in total. The Labute approximate surface area is 187 Å². The Morgan fingerprint density at radius 1 is 1.06 bits per heavy atom. The third-order valence-corrected chi connectivity index (χ3v) is 4.71. The highest BCUT2D eigenvalue weighted by molar-refractivity contribution is 6.39. The molecular weight excluding hydrogens is 428 g/mol. The zero-order valence-electron chi connectivity index (χ0n) is 17.2. The molecule has 0 radical (unpaired) electrons. The number of hydrogen-bond acceptors (Lipinski definition) is 7. The van der Waals surface area contributed by atoms with Crippen LogP contribution in [-0.2, 0) is 9.59 Å². The standard InChI is InChI=1S/C23H16N4O6/c1-14-3-2-4-16(11-14)26-22(29)19(21(28)25-23(26)30)12-15-5-8-18(9-6-15)33-20-10-7-17(13-24-20)27(31)32/h2-13H,1H3,(H,25,28,30). The van der Waals surface area contributed by atoms with Crippen molar-refractivity contribution in [2.45, 2.75) is 6.92 Å². The summed E-state index contributed by atoms with van der Waals surface area (Å²) in [4.78, 5) is 52.5. The maximum absolute atomic E-state index is 12.9. The van der Waals surface area contributed by atoms with Gasteiger partial charge in [0.25, 0.3) is 17.5 Å². The Morgan fingerprint density at radius 3 is 2.45 bits per heavy atom. The highest BCUT2D eigenvalue weighted by atomic mass is 16.6.